The summed E-state index contributed by atoms with van der Waals surface area (Å²) in [4.78, 5) is 0. The van der Waals surface area contributed by atoms with E-state index >= 15 is 0 Å². The average Bonchev–Trinajstić information content (AvgIpc) is 2.54. The van der Waals surface area contributed by atoms with Gasteiger partial charge in [-0.25, -0.2) is 0 Å². The lowest BCUT2D eigenvalue weighted by Gasteiger charge is -2.00. The summed E-state index contributed by atoms with van der Waals surface area (Å²) in [5, 5.41) is 11.8. The highest BCUT2D eigenvalue weighted by atomic mass is 31.1. The van der Waals surface area contributed by atoms with E-state index in [1.54, 1.807) is 0 Å². The highest BCUT2D eigenvalue weighted by molar-refractivity contribution is 7.15. The number of phenolic OH excluding ortho intramolecular Hbond substituents is 1. The molecule has 0 spiro atoms. The van der Waals surface area contributed by atoms with E-state index in [0.29, 0.717) is 5.58 Å². The second-order valence-electron chi connectivity index (χ2n) is 3.89. The number of hydrogen-bond acceptors (Lipinski definition) is 3. The Morgan fingerprint density at radius 2 is 1.82 bits per heavy atom. The summed E-state index contributed by atoms with van der Waals surface area (Å²) in [6.07, 6.45) is 0. The van der Waals surface area contributed by atoms with Crippen molar-refractivity contribution in [1.29, 1.82) is 0 Å². The summed E-state index contributed by atoms with van der Waals surface area (Å²) in [6, 6.07) is 11.5. The third-order valence-electron chi connectivity index (χ3n) is 2.81. The number of benzene rings is 2. The molecule has 0 fully saturated rings. The Bertz CT molecular complexity index is 731. The minimum atomic E-state index is -0.138. The monoisotopic (exact) mass is 246 g/mol. The molecule has 1 heterocycles. The predicted octanol–water partition coefficient (Wildman–Crippen LogP) is 4.35. The lowest BCUT2D eigenvalue weighted by Crippen LogP contribution is -1.77. The average molecular weight is 246 g/mol. The van der Waals surface area contributed by atoms with Gasteiger partial charge in [-0.1, -0.05) is 24.3 Å². The van der Waals surface area contributed by atoms with Crippen LogP contribution in [-0.4, -0.2) is 5.11 Å². The molecule has 1 aromatic heterocycles. The SMILES string of the molecule is Cc1ccc2c(o[pH]oc3ccccc32)c1O. The number of fused-ring (bicyclic) bond motifs is 3. The van der Waals surface area contributed by atoms with Crippen molar-refractivity contribution in [2.45, 2.75) is 6.92 Å². The van der Waals surface area contributed by atoms with Crippen LogP contribution in [0.3, 0.4) is 0 Å². The molecule has 0 aliphatic rings. The Hall–Kier alpha value is -1.86. The van der Waals surface area contributed by atoms with Crippen molar-refractivity contribution in [3.63, 3.8) is 0 Å². The second-order valence-corrected chi connectivity index (χ2v) is 4.47. The van der Waals surface area contributed by atoms with Crippen LogP contribution in [0.2, 0.25) is 0 Å². The second kappa shape index (κ2) is 3.86. The molecule has 1 atom stereocenters. The van der Waals surface area contributed by atoms with Gasteiger partial charge in [0.05, 0.1) is 0 Å². The van der Waals surface area contributed by atoms with Crippen LogP contribution in [0.5, 0.6) is 5.75 Å². The highest BCUT2D eigenvalue weighted by Gasteiger charge is 2.07. The Balaban J connectivity index is 2.63. The van der Waals surface area contributed by atoms with E-state index in [4.69, 9.17) is 8.39 Å². The van der Waals surface area contributed by atoms with Gasteiger partial charge in [0.1, 0.15) is 5.58 Å². The van der Waals surface area contributed by atoms with E-state index in [1.165, 1.54) is 0 Å². The summed E-state index contributed by atoms with van der Waals surface area (Å²) >= 11 is 0. The van der Waals surface area contributed by atoms with E-state index in [1.807, 2.05) is 43.3 Å². The molecule has 4 heteroatoms. The number of phenols is 1. The van der Waals surface area contributed by atoms with Gasteiger partial charge < -0.3 is 13.5 Å². The van der Waals surface area contributed by atoms with Crippen molar-refractivity contribution >= 4 is 30.6 Å². The minimum absolute atomic E-state index is 0.138. The summed E-state index contributed by atoms with van der Waals surface area (Å²) in [6.45, 7) is 1.85. The maximum Gasteiger partial charge on any atom is 0.201 e. The minimum Gasteiger partial charge on any atom is -0.504 e. The van der Waals surface area contributed by atoms with Crippen LogP contribution in [0, 0.1) is 6.92 Å². The van der Waals surface area contributed by atoms with Gasteiger partial charge in [0.2, 0.25) is 8.67 Å². The third-order valence-corrected chi connectivity index (χ3v) is 3.40. The van der Waals surface area contributed by atoms with Gasteiger partial charge in [-0.3, -0.25) is 0 Å². The number of aryl methyl sites for hydroxylation is 1. The zero-order valence-corrected chi connectivity index (χ0v) is 10.2. The van der Waals surface area contributed by atoms with Crippen LogP contribution >= 0.6 is 8.67 Å². The van der Waals surface area contributed by atoms with Crippen LogP contribution in [0.25, 0.3) is 21.9 Å². The topological polar surface area (TPSA) is 46.5 Å². The van der Waals surface area contributed by atoms with Crippen LogP contribution in [0.4, 0.5) is 0 Å². The number of aromatic hydroxyl groups is 1. The van der Waals surface area contributed by atoms with Gasteiger partial charge >= 0.3 is 0 Å². The Kier molecular flexibility index (Phi) is 2.34. The fourth-order valence-electron chi connectivity index (χ4n) is 1.87. The molecule has 86 valence electrons. The summed E-state index contributed by atoms with van der Waals surface area (Å²) in [5.41, 5.74) is 2.09. The van der Waals surface area contributed by atoms with Crippen molar-refractivity contribution in [3.05, 3.63) is 42.0 Å². The molecule has 0 saturated heterocycles. The van der Waals surface area contributed by atoms with Crippen molar-refractivity contribution in [3.8, 4) is 5.75 Å². The molecular formula is C13H11O3P. The molecular weight excluding hydrogens is 235 g/mol. The fourth-order valence-corrected chi connectivity index (χ4v) is 2.47. The van der Waals surface area contributed by atoms with Crippen LogP contribution < -0.4 is 0 Å². The molecule has 1 unspecified atom stereocenters. The molecule has 1 N–H and O–H groups in total. The quantitative estimate of drug-likeness (QED) is 0.641. The number of para-hydroxylation sites is 1. The van der Waals surface area contributed by atoms with Gasteiger partial charge in [-0.05, 0) is 24.6 Å². The van der Waals surface area contributed by atoms with E-state index in [-0.39, 0.29) is 14.4 Å². The normalized spacial score (nSPS) is 11.4. The molecule has 3 nitrogen and oxygen atoms in total. The third kappa shape index (κ3) is 1.60. The lowest BCUT2D eigenvalue weighted by molar-refractivity contribution is 0.467. The van der Waals surface area contributed by atoms with Gasteiger partial charge in [0, 0.05) is 10.8 Å². The first-order chi connectivity index (χ1) is 8.27. The Morgan fingerprint density at radius 3 is 2.71 bits per heavy atom. The van der Waals surface area contributed by atoms with Crippen molar-refractivity contribution < 1.29 is 13.5 Å². The standard InChI is InChI=1S/C13H11O3P/c1-8-6-7-10-9-4-2-3-5-11(9)15-17-16-13(10)12(8)14/h2-7,14,17H,1H3. The van der Waals surface area contributed by atoms with Gasteiger partial charge in [0.15, 0.2) is 11.3 Å². The lowest BCUT2D eigenvalue weighted by atomic mass is 10.1. The molecule has 3 rings (SSSR count). The first-order valence-electron chi connectivity index (χ1n) is 5.28. The van der Waals surface area contributed by atoms with Gasteiger partial charge in [-0.15, -0.1) is 0 Å². The molecule has 3 aromatic rings. The number of rotatable bonds is 0. The summed E-state index contributed by atoms with van der Waals surface area (Å²) in [7, 11) is -0.138. The Morgan fingerprint density at radius 1 is 1.00 bits per heavy atom. The molecule has 0 amide bonds. The molecule has 0 bridgehead atoms. The van der Waals surface area contributed by atoms with E-state index in [2.05, 4.69) is 0 Å². The first-order valence-corrected chi connectivity index (χ1v) is 6.09. The van der Waals surface area contributed by atoms with Crippen molar-refractivity contribution in [1.82, 2.24) is 0 Å². The number of hydrogen-bond donors (Lipinski definition) is 1. The molecule has 0 aliphatic heterocycles. The zero-order chi connectivity index (χ0) is 11.8. The smallest absolute Gasteiger partial charge is 0.201 e. The van der Waals surface area contributed by atoms with Crippen molar-refractivity contribution in [2.75, 3.05) is 0 Å². The maximum absolute atomic E-state index is 10.0. The van der Waals surface area contributed by atoms with Crippen molar-refractivity contribution in [2.24, 2.45) is 0 Å². The van der Waals surface area contributed by atoms with E-state index in [9.17, 15) is 5.11 Å². The molecule has 17 heavy (non-hydrogen) atoms. The first kappa shape index (κ1) is 10.3. The Labute approximate surface area is 99.3 Å². The molecule has 0 radical (unpaired) electrons. The van der Waals surface area contributed by atoms with E-state index in [0.717, 1.165) is 21.9 Å². The summed E-state index contributed by atoms with van der Waals surface area (Å²) in [5.74, 6) is 0.190. The van der Waals surface area contributed by atoms with Gasteiger partial charge in [0.25, 0.3) is 0 Å². The highest BCUT2D eigenvalue weighted by Crippen LogP contribution is 2.33. The largest absolute Gasteiger partial charge is 0.504 e. The molecule has 2 aromatic carbocycles. The molecule has 0 aliphatic carbocycles. The van der Waals surface area contributed by atoms with Crippen LogP contribution in [-0.2, 0) is 0 Å². The van der Waals surface area contributed by atoms with Crippen LogP contribution in [0.15, 0.2) is 44.8 Å². The van der Waals surface area contributed by atoms with Gasteiger partial charge in [-0.2, -0.15) is 0 Å². The van der Waals surface area contributed by atoms with Crippen LogP contribution in [0.1, 0.15) is 5.56 Å². The maximum atomic E-state index is 10.0. The molecule has 0 saturated carbocycles. The fraction of sp³-hybridized carbons (Fsp3) is 0.0769. The predicted molar refractivity (Wildman–Crippen MR) is 69.5 cm³/mol. The zero-order valence-electron chi connectivity index (χ0n) is 9.23. The summed E-state index contributed by atoms with van der Waals surface area (Å²) < 4.78 is 11.0. The van der Waals surface area contributed by atoms with E-state index < -0.39 is 0 Å².